The highest BCUT2D eigenvalue weighted by molar-refractivity contribution is 5.59. The Morgan fingerprint density at radius 2 is 1.93 bits per heavy atom. The van der Waals surface area contributed by atoms with Gasteiger partial charge in [-0.2, -0.15) is 0 Å². The van der Waals surface area contributed by atoms with E-state index in [1.54, 1.807) is 0 Å². The van der Waals surface area contributed by atoms with E-state index < -0.39 is 5.60 Å². The van der Waals surface area contributed by atoms with Crippen LogP contribution in [0.3, 0.4) is 0 Å². The first-order valence-corrected chi connectivity index (χ1v) is 6.07. The molecule has 4 fully saturated rings. The van der Waals surface area contributed by atoms with Gasteiger partial charge < -0.3 is 9.90 Å². The molecular weight excluding hydrogens is 188 g/mol. The number of hydrogen-bond donors (Lipinski definition) is 1. The van der Waals surface area contributed by atoms with E-state index in [0.717, 1.165) is 32.0 Å². The molecule has 0 spiro atoms. The van der Waals surface area contributed by atoms with Crippen molar-refractivity contribution in [1.82, 2.24) is 0 Å². The molecule has 2 heteroatoms. The minimum atomic E-state index is -0.676. The predicted molar refractivity (Wildman–Crippen MR) is 57.3 cm³/mol. The van der Waals surface area contributed by atoms with E-state index in [1.165, 1.54) is 6.42 Å². The molecule has 4 aliphatic rings. The Morgan fingerprint density at radius 1 is 1.20 bits per heavy atom. The van der Waals surface area contributed by atoms with Crippen molar-refractivity contribution >= 4 is 6.29 Å². The SMILES string of the molecule is CC12CC3CC(C)(C1)C(C=O)C(O)(C3)C2. The minimum absolute atomic E-state index is 0.0741. The molecule has 15 heavy (non-hydrogen) atoms. The van der Waals surface area contributed by atoms with E-state index in [9.17, 15) is 9.90 Å². The maximum absolute atomic E-state index is 11.2. The van der Waals surface area contributed by atoms with Crippen LogP contribution in [0.25, 0.3) is 0 Å². The first-order valence-electron chi connectivity index (χ1n) is 6.07. The van der Waals surface area contributed by atoms with Crippen molar-refractivity contribution in [2.24, 2.45) is 22.7 Å². The third-order valence-corrected chi connectivity index (χ3v) is 5.21. The molecule has 4 saturated carbocycles. The van der Waals surface area contributed by atoms with Crippen LogP contribution in [0.4, 0.5) is 0 Å². The Kier molecular flexibility index (Phi) is 1.62. The van der Waals surface area contributed by atoms with Crippen molar-refractivity contribution < 1.29 is 9.90 Å². The highest BCUT2D eigenvalue weighted by Gasteiger charge is 2.65. The molecule has 5 atom stereocenters. The molecule has 0 heterocycles. The molecule has 0 aromatic carbocycles. The van der Waals surface area contributed by atoms with Crippen LogP contribution in [0.1, 0.15) is 46.0 Å². The van der Waals surface area contributed by atoms with Crippen LogP contribution >= 0.6 is 0 Å². The van der Waals surface area contributed by atoms with Gasteiger partial charge in [0.2, 0.25) is 0 Å². The lowest BCUT2D eigenvalue weighted by atomic mass is 9.40. The topological polar surface area (TPSA) is 37.3 Å². The van der Waals surface area contributed by atoms with Crippen molar-refractivity contribution in [3.8, 4) is 0 Å². The minimum Gasteiger partial charge on any atom is -0.389 e. The average Bonchev–Trinajstić information content (AvgIpc) is 1.95. The van der Waals surface area contributed by atoms with Gasteiger partial charge in [-0.3, -0.25) is 0 Å². The molecule has 4 bridgehead atoms. The van der Waals surface area contributed by atoms with E-state index in [4.69, 9.17) is 0 Å². The average molecular weight is 208 g/mol. The fourth-order valence-corrected chi connectivity index (χ4v) is 5.55. The van der Waals surface area contributed by atoms with E-state index in [1.807, 2.05) is 0 Å². The largest absolute Gasteiger partial charge is 0.389 e. The zero-order valence-corrected chi connectivity index (χ0v) is 9.62. The number of carbonyl (C=O) groups is 1. The molecule has 2 nitrogen and oxygen atoms in total. The van der Waals surface area contributed by atoms with Crippen molar-refractivity contribution in [2.45, 2.75) is 51.6 Å². The summed E-state index contributed by atoms with van der Waals surface area (Å²) in [7, 11) is 0. The second-order valence-corrected chi connectivity index (χ2v) is 7.01. The highest BCUT2D eigenvalue weighted by atomic mass is 16.3. The van der Waals surface area contributed by atoms with Gasteiger partial charge >= 0.3 is 0 Å². The molecule has 0 amide bonds. The molecule has 4 aliphatic carbocycles. The summed E-state index contributed by atoms with van der Waals surface area (Å²) in [5.74, 6) is 0.540. The lowest BCUT2D eigenvalue weighted by molar-refractivity contribution is -0.224. The lowest BCUT2D eigenvalue weighted by Gasteiger charge is -2.66. The van der Waals surface area contributed by atoms with E-state index in [2.05, 4.69) is 13.8 Å². The fourth-order valence-electron chi connectivity index (χ4n) is 5.55. The number of aldehydes is 1. The Hall–Kier alpha value is -0.370. The Bertz CT molecular complexity index is 302. The van der Waals surface area contributed by atoms with Crippen molar-refractivity contribution in [2.75, 3.05) is 0 Å². The van der Waals surface area contributed by atoms with Crippen molar-refractivity contribution in [1.29, 1.82) is 0 Å². The summed E-state index contributed by atoms with van der Waals surface area (Å²) in [6.07, 6.45) is 6.27. The molecule has 0 radical (unpaired) electrons. The molecule has 1 N–H and O–H groups in total. The molecule has 84 valence electrons. The Morgan fingerprint density at radius 3 is 2.47 bits per heavy atom. The summed E-state index contributed by atoms with van der Waals surface area (Å²) in [4.78, 5) is 11.2. The molecule has 4 rings (SSSR count). The molecular formula is C13H20O2. The zero-order chi connectivity index (χ0) is 10.9. The second kappa shape index (κ2) is 2.48. The van der Waals surface area contributed by atoms with E-state index in [-0.39, 0.29) is 11.3 Å². The number of rotatable bonds is 1. The van der Waals surface area contributed by atoms with Gasteiger partial charge in [0.25, 0.3) is 0 Å². The Balaban J connectivity index is 2.08. The first-order chi connectivity index (χ1) is 6.89. The maximum Gasteiger partial charge on any atom is 0.126 e. The predicted octanol–water partition coefficient (Wildman–Crippen LogP) is 2.15. The molecule has 0 saturated heterocycles. The molecule has 0 aromatic rings. The summed E-state index contributed by atoms with van der Waals surface area (Å²) in [6, 6.07) is 0. The molecule has 0 aliphatic heterocycles. The third-order valence-electron chi connectivity index (χ3n) is 5.21. The smallest absolute Gasteiger partial charge is 0.126 e. The monoisotopic (exact) mass is 208 g/mol. The van der Waals surface area contributed by atoms with Gasteiger partial charge in [0, 0.05) is 5.92 Å². The fraction of sp³-hybridized carbons (Fsp3) is 0.923. The quantitative estimate of drug-likeness (QED) is 0.670. The van der Waals surface area contributed by atoms with Crippen LogP contribution in [0.15, 0.2) is 0 Å². The van der Waals surface area contributed by atoms with Gasteiger partial charge in [0.1, 0.15) is 6.29 Å². The van der Waals surface area contributed by atoms with Crippen LogP contribution < -0.4 is 0 Å². The normalized spacial score (nSPS) is 62.1. The Labute approximate surface area is 91.1 Å². The second-order valence-electron chi connectivity index (χ2n) is 7.01. The molecule has 5 unspecified atom stereocenters. The van der Waals surface area contributed by atoms with Gasteiger partial charge in [-0.05, 0) is 48.9 Å². The summed E-state index contributed by atoms with van der Waals surface area (Å²) in [6.45, 7) is 4.50. The standard InChI is InChI=1S/C13H20O2/c1-11-3-9-4-12(2,7-11)10(6-14)13(15,5-9)8-11/h6,9-10,15H,3-5,7-8H2,1-2H3. The molecule has 0 aromatic heterocycles. The lowest BCUT2D eigenvalue weighted by Crippen LogP contribution is -2.64. The number of hydrogen-bond acceptors (Lipinski definition) is 2. The van der Waals surface area contributed by atoms with Crippen LogP contribution in [-0.4, -0.2) is 17.0 Å². The highest BCUT2D eigenvalue weighted by Crippen LogP contribution is 2.68. The number of carbonyl (C=O) groups excluding carboxylic acids is 1. The van der Waals surface area contributed by atoms with Gasteiger partial charge in [-0.15, -0.1) is 0 Å². The summed E-state index contributed by atoms with van der Waals surface area (Å²) < 4.78 is 0. The van der Waals surface area contributed by atoms with Crippen LogP contribution in [-0.2, 0) is 4.79 Å². The zero-order valence-electron chi connectivity index (χ0n) is 9.62. The summed E-state index contributed by atoms with van der Waals surface area (Å²) in [5.41, 5.74) is -0.306. The maximum atomic E-state index is 11.2. The van der Waals surface area contributed by atoms with Gasteiger partial charge in [-0.1, -0.05) is 13.8 Å². The first kappa shape index (κ1) is 9.83. The van der Waals surface area contributed by atoms with E-state index >= 15 is 0 Å². The van der Waals surface area contributed by atoms with Crippen LogP contribution in [0.5, 0.6) is 0 Å². The van der Waals surface area contributed by atoms with Crippen LogP contribution in [0, 0.1) is 22.7 Å². The van der Waals surface area contributed by atoms with Crippen molar-refractivity contribution in [3.05, 3.63) is 0 Å². The summed E-state index contributed by atoms with van der Waals surface area (Å²) >= 11 is 0. The van der Waals surface area contributed by atoms with Gasteiger partial charge in [0.15, 0.2) is 0 Å². The number of aliphatic hydroxyl groups is 1. The van der Waals surface area contributed by atoms with Gasteiger partial charge in [-0.25, -0.2) is 0 Å². The third kappa shape index (κ3) is 1.12. The van der Waals surface area contributed by atoms with Crippen LogP contribution in [0.2, 0.25) is 0 Å². The van der Waals surface area contributed by atoms with E-state index in [0.29, 0.717) is 11.3 Å². The summed E-state index contributed by atoms with van der Waals surface area (Å²) in [5, 5.41) is 10.7. The van der Waals surface area contributed by atoms with Crippen molar-refractivity contribution in [3.63, 3.8) is 0 Å². The van der Waals surface area contributed by atoms with Gasteiger partial charge in [0.05, 0.1) is 5.60 Å².